The topological polar surface area (TPSA) is 59.9 Å². The fourth-order valence-corrected chi connectivity index (χ4v) is 3.65. The zero-order valence-electron chi connectivity index (χ0n) is 16.2. The van der Waals surface area contributed by atoms with Crippen molar-refractivity contribution in [3.05, 3.63) is 100 Å². The summed E-state index contributed by atoms with van der Waals surface area (Å²) in [5, 5.41) is 7.97. The standard InChI is InChI=1S/C23H22N4OS/c1-17-3-8-21(26-14-17)22(13-19-9-12-29-16-19)27-15-18-4-6-20(7-5-18)28-23-24-10-2-11-25-23/h2-12,14,16,22,27H,13,15H2,1H3. The van der Waals surface area contributed by atoms with Crippen LogP contribution in [0, 0.1) is 6.92 Å². The SMILES string of the molecule is Cc1ccc(C(Cc2ccsc2)NCc2ccc(Oc3ncccn3)cc2)nc1. The molecule has 1 unspecified atom stereocenters. The number of benzene rings is 1. The lowest BCUT2D eigenvalue weighted by atomic mass is 10.0. The van der Waals surface area contributed by atoms with Gasteiger partial charge in [-0.25, -0.2) is 9.97 Å². The summed E-state index contributed by atoms with van der Waals surface area (Å²) in [6, 6.07) is 16.6. The molecule has 1 N–H and O–H groups in total. The van der Waals surface area contributed by atoms with Crippen molar-refractivity contribution >= 4 is 11.3 Å². The highest BCUT2D eigenvalue weighted by molar-refractivity contribution is 7.07. The van der Waals surface area contributed by atoms with Gasteiger partial charge in [-0.3, -0.25) is 4.98 Å². The van der Waals surface area contributed by atoms with Gasteiger partial charge in [0.05, 0.1) is 11.7 Å². The summed E-state index contributed by atoms with van der Waals surface area (Å²) in [6.07, 6.45) is 6.15. The highest BCUT2D eigenvalue weighted by Crippen LogP contribution is 2.21. The van der Waals surface area contributed by atoms with Crippen molar-refractivity contribution in [2.24, 2.45) is 0 Å². The molecule has 29 heavy (non-hydrogen) atoms. The fraction of sp³-hybridized carbons (Fsp3) is 0.174. The predicted molar refractivity (Wildman–Crippen MR) is 115 cm³/mol. The largest absolute Gasteiger partial charge is 0.424 e. The van der Waals surface area contributed by atoms with E-state index in [2.05, 4.69) is 68.3 Å². The van der Waals surface area contributed by atoms with Gasteiger partial charge in [-0.1, -0.05) is 18.2 Å². The molecule has 0 spiro atoms. The molecule has 0 aliphatic rings. The molecule has 3 aromatic heterocycles. The van der Waals surface area contributed by atoms with Gasteiger partial charge in [-0.05, 0) is 71.1 Å². The molecule has 6 heteroatoms. The van der Waals surface area contributed by atoms with Crippen LogP contribution in [-0.4, -0.2) is 15.0 Å². The van der Waals surface area contributed by atoms with Crippen LogP contribution >= 0.6 is 11.3 Å². The van der Waals surface area contributed by atoms with Gasteiger partial charge in [0.1, 0.15) is 5.75 Å². The molecule has 146 valence electrons. The second kappa shape index (κ2) is 9.41. The molecular formula is C23H22N4OS. The first-order valence-electron chi connectivity index (χ1n) is 9.47. The molecule has 0 bridgehead atoms. The number of pyridine rings is 1. The third kappa shape index (κ3) is 5.47. The molecule has 0 saturated carbocycles. The number of thiophene rings is 1. The Hall–Kier alpha value is -3.09. The Bertz CT molecular complexity index is 1000. The Kier molecular flexibility index (Phi) is 6.24. The first-order valence-corrected chi connectivity index (χ1v) is 10.4. The van der Waals surface area contributed by atoms with Gasteiger partial charge in [0.2, 0.25) is 0 Å². The zero-order chi connectivity index (χ0) is 19.9. The van der Waals surface area contributed by atoms with E-state index < -0.39 is 0 Å². The highest BCUT2D eigenvalue weighted by atomic mass is 32.1. The lowest BCUT2D eigenvalue weighted by Gasteiger charge is -2.18. The van der Waals surface area contributed by atoms with E-state index in [4.69, 9.17) is 4.74 Å². The van der Waals surface area contributed by atoms with Crippen molar-refractivity contribution in [1.82, 2.24) is 20.3 Å². The predicted octanol–water partition coefficient (Wildman–Crippen LogP) is 5.11. The monoisotopic (exact) mass is 402 g/mol. The molecule has 4 aromatic rings. The number of ether oxygens (including phenoxy) is 1. The quantitative estimate of drug-likeness (QED) is 0.444. The molecule has 5 nitrogen and oxygen atoms in total. The van der Waals surface area contributed by atoms with Crippen LogP contribution in [-0.2, 0) is 13.0 Å². The van der Waals surface area contributed by atoms with Crippen LogP contribution in [0.2, 0.25) is 0 Å². The number of aromatic nitrogens is 3. The number of aryl methyl sites for hydroxylation is 1. The average Bonchev–Trinajstić information content (AvgIpc) is 3.27. The van der Waals surface area contributed by atoms with Gasteiger partial charge >= 0.3 is 6.01 Å². The number of nitrogens with one attached hydrogen (secondary N) is 1. The number of hydrogen-bond acceptors (Lipinski definition) is 6. The smallest absolute Gasteiger partial charge is 0.321 e. The Morgan fingerprint density at radius 2 is 1.79 bits per heavy atom. The van der Waals surface area contributed by atoms with Crippen molar-refractivity contribution in [3.8, 4) is 11.8 Å². The van der Waals surface area contributed by atoms with Gasteiger partial charge in [-0.2, -0.15) is 11.3 Å². The van der Waals surface area contributed by atoms with E-state index >= 15 is 0 Å². The van der Waals surface area contributed by atoms with Crippen molar-refractivity contribution in [2.75, 3.05) is 0 Å². The average molecular weight is 403 g/mol. The van der Waals surface area contributed by atoms with Crippen molar-refractivity contribution < 1.29 is 4.74 Å². The molecule has 0 amide bonds. The minimum absolute atomic E-state index is 0.152. The zero-order valence-corrected chi connectivity index (χ0v) is 17.0. The Morgan fingerprint density at radius 1 is 0.966 bits per heavy atom. The van der Waals surface area contributed by atoms with E-state index in [1.165, 1.54) is 16.7 Å². The third-order valence-corrected chi connectivity index (χ3v) is 5.27. The minimum Gasteiger partial charge on any atom is -0.424 e. The van der Waals surface area contributed by atoms with E-state index in [1.54, 1.807) is 29.8 Å². The Labute approximate surface area is 174 Å². The number of rotatable bonds is 8. The van der Waals surface area contributed by atoms with Crippen molar-refractivity contribution in [2.45, 2.75) is 25.9 Å². The van der Waals surface area contributed by atoms with E-state index in [0.29, 0.717) is 6.01 Å². The maximum absolute atomic E-state index is 5.66. The van der Waals surface area contributed by atoms with Crippen LogP contribution in [0.1, 0.15) is 28.4 Å². The first kappa shape index (κ1) is 19.2. The second-order valence-electron chi connectivity index (χ2n) is 6.81. The maximum atomic E-state index is 5.66. The van der Waals surface area contributed by atoms with Crippen LogP contribution in [0.4, 0.5) is 0 Å². The lowest BCUT2D eigenvalue weighted by molar-refractivity contribution is 0.441. The van der Waals surface area contributed by atoms with Crippen LogP contribution in [0.5, 0.6) is 11.8 Å². The first-order chi connectivity index (χ1) is 14.3. The van der Waals surface area contributed by atoms with Crippen LogP contribution in [0.15, 0.2) is 77.9 Å². The molecule has 4 rings (SSSR count). The molecule has 1 atom stereocenters. The van der Waals surface area contributed by atoms with Crippen LogP contribution in [0.25, 0.3) is 0 Å². The van der Waals surface area contributed by atoms with E-state index in [-0.39, 0.29) is 6.04 Å². The van der Waals surface area contributed by atoms with Gasteiger partial charge < -0.3 is 10.1 Å². The normalized spacial score (nSPS) is 11.9. The van der Waals surface area contributed by atoms with Crippen molar-refractivity contribution in [3.63, 3.8) is 0 Å². The Balaban J connectivity index is 1.42. The molecule has 0 aliphatic heterocycles. The van der Waals surface area contributed by atoms with E-state index in [1.807, 2.05) is 18.3 Å². The summed E-state index contributed by atoms with van der Waals surface area (Å²) in [6.45, 7) is 2.80. The molecular weight excluding hydrogens is 380 g/mol. The second-order valence-corrected chi connectivity index (χ2v) is 7.59. The molecule has 1 aromatic carbocycles. The molecule has 0 saturated heterocycles. The van der Waals surface area contributed by atoms with Crippen molar-refractivity contribution in [1.29, 1.82) is 0 Å². The summed E-state index contributed by atoms with van der Waals surface area (Å²) < 4.78 is 5.66. The number of hydrogen-bond donors (Lipinski definition) is 1. The summed E-state index contributed by atoms with van der Waals surface area (Å²) in [7, 11) is 0. The van der Waals surface area contributed by atoms with Gasteiger partial charge in [0, 0.05) is 25.1 Å². The van der Waals surface area contributed by atoms with Crippen LogP contribution < -0.4 is 10.1 Å². The molecule has 0 aliphatic carbocycles. The van der Waals surface area contributed by atoms with Crippen LogP contribution in [0.3, 0.4) is 0 Å². The fourth-order valence-electron chi connectivity index (χ4n) is 2.97. The summed E-state index contributed by atoms with van der Waals surface area (Å²) >= 11 is 1.72. The molecule has 3 heterocycles. The summed E-state index contributed by atoms with van der Waals surface area (Å²) in [4.78, 5) is 12.8. The Morgan fingerprint density at radius 3 is 2.48 bits per heavy atom. The van der Waals surface area contributed by atoms with E-state index in [9.17, 15) is 0 Å². The van der Waals surface area contributed by atoms with Gasteiger partial charge in [0.25, 0.3) is 0 Å². The summed E-state index contributed by atoms with van der Waals surface area (Å²) in [5.41, 5.74) is 4.72. The number of nitrogens with zero attached hydrogens (tertiary/aromatic N) is 3. The molecule has 0 fully saturated rings. The molecule has 0 radical (unpaired) electrons. The minimum atomic E-state index is 0.152. The summed E-state index contributed by atoms with van der Waals surface area (Å²) in [5.74, 6) is 0.718. The van der Waals surface area contributed by atoms with E-state index in [0.717, 1.165) is 24.4 Å². The highest BCUT2D eigenvalue weighted by Gasteiger charge is 2.14. The maximum Gasteiger partial charge on any atom is 0.321 e. The van der Waals surface area contributed by atoms with Gasteiger partial charge in [-0.15, -0.1) is 0 Å². The lowest BCUT2D eigenvalue weighted by Crippen LogP contribution is -2.23. The van der Waals surface area contributed by atoms with Gasteiger partial charge in [0.15, 0.2) is 0 Å². The third-order valence-electron chi connectivity index (χ3n) is 4.54.